The van der Waals surface area contributed by atoms with Crippen molar-refractivity contribution in [2.45, 2.75) is 316 Å². The first-order valence-electron chi connectivity index (χ1n) is 32.9. The molecule has 1 atom stereocenters. The van der Waals surface area contributed by atoms with E-state index in [1.54, 1.807) is 0 Å². The minimum atomic E-state index is -0.799. The van der Waals surface area contributed by atoms with Crippen LogP contribution in [0.3, 0.4) is 0 Å². The van der Waals surface area contributed by atoms with E-state index in [-0.39, 0.29) is 31.1 Å². The topological polar surface area (TPSA) is 78.9 Å². The van der Waals surface area contributed by atoms with Crippen molar-refractivity contribution in [2.24, 2.45) is 0 Å². The highest BCUT2D eigenvalue weighted by Gasteiger charge is 2.19. The van der Waals surface area contributed by atoms with Crippen LogP contribution in [-0.2, 0) is 28.6 Å². The van der Waals surface area contributed by atoms with Gasteiger partial charge in [-0.15, -0.1) is 0 Å². The van der Waals surface area contributed by atoms with Gasteiger partial charge < -0.3 is 14.2 Å². The molecule has 78 heavy (non-hydrogen) atoms. The standard InChI is InChI=1S/C72H122O6/c1-4-7-10-13-16-19-22-25-27-29-31-33-35-36-37-39-40-42-44-47-50-53-56-59-62-65-71(74)77-68-69(67-76-70(73)64-61-58-55-52-49-46-24-21-18-15-12-9-6-3)78-72(75)66-63-60-57-54-51-48-45-43-41-38-34-32-30-28-26-23-20-17-14-11-8-5-2/h7,10,12,15-16,19,21,24-25,27,31,33,36-37,40,42,47,50,69H,4-6,8-9,11,13-14,17-18,20,22-23,26,28-30,32,34-35,38-39,41,43-46,48-49,51-68H2,1-3H3/b10-7-,15-12-,19-16-,24-21-,27-25-,33-31-,37-36-,42-40-,50-47-. The fraction of sp³-hybridized carbons (Fsp3) is 0.708. The molecule has 0 bridgehead atoms. The summed E-state index contributed by atoms with van der Waals surface area (Å²) >= 11 is 0. The van der Waals surface area contributed by atoms with Gasteiger partial charge in [0.2, 0.25) is 0 Å². The Kier molecular flexibility index (Phi) is 62.3. The van der Waals surface area contributed by atoms with Crippen LogP contribution < -0.4 is 0 Å². The third-order valence-corrected chi connectivity index (χ3v) is 14.0. The second kappa shape index (κ2) is 65.6. The summed E-state index contributed by atoms with van der Waals surface area (Å²) in [4.78, 5) is 38.3. The van der Waals surface area contributed by atoms with Gasteiger partial charge in [0.25, 0.3) is 0 Å². The van der Waals surface area contributed by atoms with Crippen molar-refractivity contribution in [1.82, 2.24) is 0 Å². The Balaban J connectivity index is 4.39. The van der Waals surface area contributed by atoms with E-state index in [2.05, 4.69) is 130 Å². The summed E-state index contributed by atoms with van der Waals surface area (Å²) in [6.45, 7) is 6.45. The second-order valence-electron chi connectivity index (χ2n) is 21.6. The van der Waals surface area contributed by atoms with Gasteiger partial charge in [-0.05, 0) is 103 Å². The molecule has 0 aromatic heterocycles. The molecule has 0 saturated carbocycles. The molecule has 6 heteroatoms. The quantitative estimate of drug-likeness (QED) is 0.0261. The average molecular weight is 1080 g/mol. The fourth-order valence-corrected chi connectivity index (χ4v) is 9.11. The van der Waals surface area contributed by atoms with Gasteiger partial charge in [-0.25, -0.2) is 0 Å². The van der Waals surface area contributed by atoms with E-state index in [1.165, 1.54) is 128 Å². The number of unbranched alkanes of at least 4 members (excludes halogenated alkanes) is 30. The fourth-order valence-electron chi connectivity index (χ4n) is 9.11. The summed E-state index contributed by atoms with van der Waals surface area (Å²) in [6, 6.07) is 0. The lowest BCUT2D eigenvalue weighted by Crippen LogP contribution is -2.30. The van der Waals surface area contributed by atoms with E-state index in [0.717, 1.165) is 141 Å². The molecule has 6 nitrogen and oxygen atoms in total. The van der Waals surface area contributed by atoms with Crippen LogP contribution in [0.1, 0.15) is 310 Å². The largest absolute Gasteiger partial charge is 0.462 e. The van der Waals surface area contributed by atoms with Crippen molar-refractivity contribution in [3.8, 4) is 0 Å². The number of carbonyl (C=O) groups excluding carboxylic acids is 3. The van der Waals surface area contributed by atoms with Gasteiger partial charge in [0.05, 0.1) is 0 Å². The van der Waals surface area contributed by atoms with Crippen molar-refractivity contribution in [3.05, 3.63) is 109 Å². The molecule has 1 unspecified atom stereocenters. The second-order valence-corrected chi connectivity index (χ2v) is 21.6. The Labute approximate surface area is 482 Å². The predicted molar refractivity (Wildman–Crippen MR) is 339 cm³/mol. The Morgan fingerprint density at radius 3 is 0.846 bits per heavy atom. The van der Waals surface area contributed by atoms with E-state index >= 15 is 0 Å². The number of carbonyl (C=O) groups is 3. The summed E-state index contributed by atoms with van der Waals surface area (Å²) in [7, 11) is 0. The van der Waals surface area contributed by atoms with Gasteiger partial charge >= 0.3 is 17.9 Å². The molecule has 0 heterocycles. The molecule has 0 amide bonds. The first kappa shape index (κ1) is 74.1. The lowest BCUT2D eigenvalue weighted by molar-refractivity contribution is -0.167. The van der Waals surface area contributed by atoms with Crippen molar-refractivity contribution < 1.29 is 28.6 Å². The first-order valence-corrected chi connectivity index (χ1v) is 32.9. The van der Waals surface area contributed by atoms with Crippen LogP contribution >= 0.6 is 0 Å². The Hall–Kier alpha value is -3.93. The van der Waals surface area contributed by atoms with Crippen LogP contribution in [0.25, 0.3) is 0 Å². The highest BCUT2D eigenvalue weighted by molar-refractivity contribution is 5.71. The molecule has 0 spiro atoms. The van der Waals surface area contributed by atoms with Gasteiger partial charge in [0, 0.05) is 19.3 Å². The minimum Gasteiger partial charge on any atom is -0.462 e. The van der Waals surface area contributed by atoms with Crippen LogP contribution in [0.2, 0.25) is 0 Å². The highest BCUT2D eigenvalue weighted by Crippen LogP contribution is 2.17. The zero-order valence-electron chi connectivity index (χ0n) is 51.2. The lowest BCUT2D eigenvalue weighted by Gasteiger charge is -2.18. The molecule has 0 radical (unpaired) electrons. The molecule has 0 N–H and O–H groups in total. The molecular formula is C72H122O6. The van der Waals surface area contributed by atoms with Crippen molar-refractivity contribution in [1.29, 1.82) is 0 Å². The summed E-state index contributed by atoms with van der Waals surface area (Å²) in [5.74, 6) is -0.932. The van der Waals surface area contributed by atoms with Crippen molar-refractivity contribution >= 4 is 17.9 Å². The number of ether oxygens (including phenoxy) is 3. The van der Waals surface area contributed by atoms with Gasteiger partial charge in [0.15, 0.2) is 6.10 Å². The van der Waals surface area contributed by atoms with Crippen LogP contribution in [0.4, 0.5) is 0 Å². The molecule has 0 saturated heterocycles. The zero-order valence-corrected chi connectivity index (χ0v) is 51.2. The third kappa shape index (κ3) is 62.9. The average Bonchev–Trinajstić information content (AvgIpc) is 3.44. The Morgan fingerprint density at radius 2 is 0.526 bits per heavy atom. The Morgan fingerprint density at radius 1 is 0.269 bits per heavy atom. The van der Waals surface area contributed by atoms with E-state index < -0.39 is 6.10 Å². The molecule has 0 aliphatic heterocycles. The number of hydrogen-bond acceptors (Lipinski definition) is 6. The monoisotopic (exact) mass is 1080 g/mol. The molecule has 446 valence electrons. The van der Waals surface area contributed by atoms with Crippen LogP contribution in [0.15, 0.2) is 109 Å². The number of esters is 3. The summed E-state index contributed by atoms with van der Waals surface area (Å²) in [5, 5.41) is 0. The van der Waals surface area contributed by atoms with Crippen LogP contribution in [0, 0.1) is 0 Å². The van der Waals surface area contributed by atoms with Gasteiger partial charge in [0.1, 0.15) is 13.2 Å². The van der Waals surface area contributed by atoms with E-state index in [4.69, 9.17) is 14.2 Å². The van der Waals surface area contributed by atoms with E-state index in [0.29, 0.717) is 19.3 Å². The number of rotatable bonds is 59. The molecular weight excluding hydrogens is 961 g/mol. The van der Waals surface area contributed by atoms with Gasteiger partial charge in [-0.2, -0.15) is 0 Å². The molecule has 0 aliphatic carbocycles. The molecule has 0 rings (SSSR count). The third-order valence-electron chi connectivity index (χ3n) is 14.0. The molecule has 0 aliphatic rings. The Bertz CT molecular complexity index is 1570. The van der Waals surface area contributed by atoms with Crippen molar-refractivity contribution in [3.63, 3.8) is 0 Å². The molecule has 0 aromatic carbocycles. The molecule has 0 aromatic rings. The summed E-state index contributed by atoms with van der Waals surface area (Å²) in [6.07, 6.45) is 89.6. The van der Waals surface area contributed by atoms with Crippen LogP contribution in [-0.4, -0.2) is 37.2 Å². The first-order chi connectivity index (χ1) is 38.5. The van der Waals surface area contributed by atoms with Crippen LogP contribution in [0.5, 0.6) is 0 Å². The smallest absolute Gasteiger partial charge is 0.306 e. The maximum Gasteiger partial charge on any atom is 0.306 e. The lowest BCUT2D eigenvalue weighted by atomic mass is 10.0. The van der Waals surface area contributed by atoms with Gasteiger partial charge in [-0.3, -0.25) is 14.4 Å². The van der Waals surface area contributed by atoms with E-state index in [9.17, 15) is 14.4 Å². The van der Waals surface area contributed by atoms with Gasteiger partial charge in [-0.1, -0.05) is 297 Å². The van der Waals surface area contributed by atoms with Crippen molar-refractivity contribution in [2.75, 3.05) is 13.2 Å². The molecule has 0 fully saturated rings. The number of hydrogen-bond donors (Lipinski definition) is 0. The summed E-state index contributed by atoms with van der Waals surface area (Å²) in [5.41, 5.74) is 0. The SMILES string of the molecule is CC/C=C\C/C=C\C/C=C\C/C=C\C/C=C\C/C=C\C/C=C\CCCCCC(=O)OCC(COC(=O)CCCCCCC/C=C\C/C=C\CCC)OC(=O)CCCCCCCCCCCCCCCCCCCCCCCC. The maximum atomic E-state index is 12.9. The predicted octanol–water partition coefficient (Wildman–Crippen LogP) is 22.6. The maximum absolute atomic E-state index is 12.9. The number of allylic oxidation sites excluding steroid dienone is 18. The highest BCUT2D eigenvalue weighted by atomic mass is 16.6. The minimum absolute atomic E-state index is 0.0952. The summed E-state index contributed by atoms with van der Waals surface area (Å²) < 4.78 is 16.9. The van der Waals surface area contributed by atoms with E-state index in [1.807, 2.05) is 0 Å². The zero-order chi connectivity index (χ0) is 56.4. The normalized spacial score (nSPS) is 12.8.